The first-order valence-electron chi connectivity index (χ1n) is 8.43. The number of benzene rings is 2. The molecule has 5 heteroatoms. The van der Waals surface area contributed by atoms with Crippen molar-refractivity contribution in [1.82, 2.24) is 5.32 Å². The molecule has 1 atom stereocenters. The van der Waals surface area contributed by atoms with E-state index in [0.717, 1.165) is 5.56 Å². The van der Waals surface area contributed by atoms with Crippen LogP contribution in [0.5, 0.6) is 11.5 Å². The normalized spacial score (nSPS) is 11.7. The van der Waals surface area contributed by atoms with Crippen LogP contribution >= 0.6 is 0 Å². The third kappa shape index (κ3) is 5.71. The first-order valence-corrected chi connectivity index (χ1v) is 8.43. The Bertz CT molecular complexity index is 687. The van der Waals surface area contributed by atoms with E-state index in [9.17, 15) is 4.79 Å². The summed E-state index contributed by atoms with van der Waals surface area (Å²) in [7, 11) is 1.60. The fraction of sp³-hybridized carbons (Fsp3) is 0.350. The van der Waals surface area contributed by atoms with Gasteiger partial charge in [-0.15, -0.1) is 0 Å². The fourth-order valence-electron chi connectivity index (χ4n) is 2.31. The number of carbonyl (C=O) groups is 1. The maximum atomic E-state index is 12.2. The van der Waals surface area contributed by atoms with Crippen LogP contribution < -0.4 is 20.1 Å². The van der Waals surface area contributed by atoms with Crippen LogP contribution in [0.4, 0.5) is 10.5 Å². The molecule has 134 valence electrons. The molecule has 5 nitrogen and oxygen atoms in total. The zero-order chi connectivity index (χ0) is 18.2. The van der Waals surface area contributed by atoms with Crippen molar-refractivity contribution < 1.29 is 14.3 Å². The second kappa shape index (κ2) is 8.97. The first kappa shape index (κ1) is 18.6. The molecule has 0 unspecified atom stereocenters. The molecule has 0 aromatic heterocycles. The van der Waals surface area contributed by atoms with Gasteiger partial charge in [0.05, 0.1) is 19.8 Å². The second-order valence-electron chi connectivity index (χ2n) is 6.30. The first-order chi connectivity index (χ1) is 12.0. The molecule has 0 heterocycles. The number of methoxy groups -OCH3 is 1. The Morgan fingerprint density at radius 3 is 2.40 bits per heavy atom. The molecular formula is C20H26N2O3. The van der Waals surface area contributed by atoms with Crippen molar-refractivity contribution in [2.75, 3.05) is 19.0 Å². The van der Waals surface area contributed by atoms with E-state index in [4.69, 9.17) is 9.47 Å². The summed E-state index contributed by atoms with van der Waals surface area (Å²) in [4.78, 5) is 12.2. The number of nitrogens with one attached hydrogen (secondary N) is 2. The molecule has 0 spiro atoms. The number of ether oxygens (including phenoxy) is 2. The van der Waals surface area contributed by atoms with E-state index in [1.165, 1.54) is 0 Å². The molecule has 0 saturated heterocycles. The molecule has 0 bridgehead atoms. The number of urea groups is 1. The monoisotopic (exact) mass is 342 g/mol. The van der Waals surface area contributed by atoms with Crippen LogP contribution in [0.3, 0.4) is 0 Å². The average molecular weight is 342 g/mol. The van der Waals surface area contributed by atoms with E-state index in [0.29, 0.717) is 29.7 Å². The molecule has 0 aliphatic carbocycles. The van der Waals surface area contributed by atoms with Gasteiger partial charge >= 0.3 is 6.03 Å². The summed E-state index contributed by atoms with van der Waals surface area (Å²) in [5.41, 5.74) is 1.70. The molecule has 0 radical (unpaired) electrons. The smallest absolute Gasteiger partial charge is 0.319 e. The molecule has 2 aromatic carbocycles. The number of carbonyl (C=O) groups excluding carboxylic acids is 1. The lowest BCUT2D eigenvalue weighted by Gasteiger charge is -2.16. The van der Waals surface area contributed by atoms with E-state index >= 15 is 0 Å². The fourth-order valence-corrected chi connectivity index (χ4v) is 2.31. The van der Waals surface area contributed by atoms with Crippen molar-refractivity contribution in [3.8, 4) is 11.5 Å². The van der Waals surface area contributed by atoms with Gasteiger partial charge in [0, 0.05) is 11.8 Å². The Hall–Kier alpha value is -2.69. The van der Waals surface area contributed by atoms with Gasteiger partial charge in [-0.3, -0.25) is 0 Å². The van der Waals surface area contributed by atoms with E-state index in [1.807, 2.05) is 37.3 Å². The molecule has 0 aliphatic rings. The minimum atomic E-state index is -0.267. The Labute approximate surface area is 149 Å². The lowest BCUT2D eigenvalue weighted by Crippen LogP contribution is -2.31. The summed E-state index contributed by atoms with van der Waals surface area (Å²) in [6.45, 7) is 6.68. The Balaban J connectivity index is 2.01. The van der Waals surface area contributed by atoms with Crippen molar-refractivity contribution >= 4 is 11.7 Å². The third-order valence-electron chi connectivity index (χ3n) is 3.64. The topological polar surface area (TPSA) is 59.6 Å². The van der Waals surface area contributed by atoms with E-state index in [2.05, 4.69) is 24.5 Å². The van der Waals surface area contributed by atoms with E-state index in [1.54, 1.807) is 25.3 Å². The summed E-state index contributed by atoms with van der Waals surface area (Å²) >= 11 is 0. The van der Waals surface area contributed by atoms with Crippen molar-refractivity contribution in [3.05, 3.63) is 54.1 Å². The molecule has 2 rings (SSSR count). The summed E-state index contributed by atoms with van der Waals surface area (Å²) in [5, 5.41) is 5.76. The van der Waals surface area contributed by atoms with Crippen LogP contribution in [0.2, 0.25) is 0 Å². The molecule has 2 amide bonds. The minimum Gasteiger partial charge on any atom is -0.493 e. The van der Waals surface area contributed by atoms with Gasteiger partial charge in [0.15, 0.2) is 11.5 Å². The van der Waals surface area contributed by atoms with Crippen molar-refractivity contribution in [3.63, 3.8) is 0 Å². The number of hydrogen-bond acceptors (Lipinski definition) is 3. The highest BCUT2D eigenvalue weighted by Gasteiger charge is 2.11. The molecule has 2 aromatic rings. The van der Waals surface area contributed by atoms with Gasteiger partial charge in [-0.1, -0.05) is 44.2 Å². The Morgan fingerprint density at radius 1 is 1.04 bits per heavy atom. The highest BCUT2D eigenvalue weighted by molar-refractivity contribution is 5.89. The Morgan fingerprint density at radius 2 is 1.76 bits per heavy atom. The van der Waals surface area contributed by atoms with Gasteiger partial charge in [0.1, 0.15) is 0 Å². The SMILES string of the molecule is COc1ccc(NC(=O)N[C@@H](C)c2ccccc2)cc1OCC(C)C. The van der Waals surface area contributed by atoms with Crippen LogP contribution in [0, 0.1) is 5.92 Å². The van der Waals surface area contributed by atoms with E-state index < -0.39 is 0 Å². The van der Waals surface area contributed by atoms with Crippen LogP contribution in [-0.2, 0) is 0 Å². The maximum Gasteiger partial charge on any atom is 0.319 e. The van der Waals surface area contributed by atoms with Crippen LogP contribution in [0.1, 0.15) is 32.4 Å². The lowest BCUT2D eigenvalue weighted by molar-refractivity contribution is 0.249. The quantitative estimate of drug-likeness (QED) is 0.772. The summed E-state index contributed by atoms with van der Waals surface area (Å²) in [6, 6.07) is 14.8. The zero-order valence-corrected chi connectivity index (χ0v) is 15.2. The number of hydrogen-bond donors (Lipinski definition) is 2. The maximum absolute atomic E-state index is 12.2. The highest BCUT2D eigenvalue weighted by atomic mass is 16.5. The Kier molecular flexibility index (Phi) is 6.69. The molecular weight excluding hydrogens is 316 g/mol. The van der Waals surface area contributed by atoms with Gasteiger partial charge < -0.3 is 20.1 Å². The van der Waals surface area contributed by atoms with Gasteiger partial charge in [-0.05, 0) is 30.5 Å². The second-order valence-corrected chi connectivity index (χ2v) is 6.30. The number of rotatable bonds is 7. The van der Waals surface area contributed by atoms with Gasteiger partial charge in [-0.2, -0.15) is 0 Å². The molecule has 2 N–H and O–H groups in total. The predicted octanol–water partition coefficient (Wildman–Crippen LogP) is 4.61. The van der Waals surface area contributed by atoms with E-state index in [-0.39, 0.29) is 12.1 Å². The minimum absolute atomic E-state index is 0.0869. The van der Waals surface area contributed by atoms with Crippen molar-refractivity contribution in [2.24, 2.45) is 5.92 Å². The standard InChI is InChI=1S/C20H26N2O3/c1-14(2)13-25-19-12-17(10-11-18(19)24-4)22-20(23)21-15(3)16-8-6-5-7-9-16/h5-12,14-15H,13H2,1-4H3,(H2,21,22,23)/t15-/m0/s1. The van der Waals surface area contributed by atoms with Crippen LogP contribution in [0.15, 0.2) is 48.5 Å². The summed E-state index contributed by atoms with van der Waals surface area (Å²) in [5.74, 6) is 1.66. The zero-order valence-electron chi connectivity index (χ0n) is 15.2. The number of amides is 2. The van der Waals surface area contributed by atoms with Crippen LogP contribution in [-0.4, -0.2) is 19.7 Å². The highest BCUT2D eigenvalue weighted by Crippen LogP contribution is 2.30. The van der Waals surface area contributed by atoms with Gasteiger partial charge in [-0.25, -0.2) is 4.79 Å². The summed E-state index contributed by atoms with van der Waals surface area (Å²) < 4.78 is 11.1. The van der Waals surface area contributed by atoms with Crippen molar-refractivity contribution in [2.45, 2.75) is 26.8 Å². The predicted molar refractivity (Wildman–Crippen MR) is 100 cm³/mol. The molecule has 25 heavy (non-hydrogen) atoms. The van der Waals surface area contributed by atoms with Crippen molar-refractivity contribution in [1.29, 1.82) is 0 Å². The third-order valence-corrected chi connectivity index (χ3v) is 3.64. The molecule has 0 aliphatic heterocycles. The largest absolute Gasteiger partial charge is 0.493 e. The molecule has 0 fully saturated rings. The summed E-state index contributed by atoms with van der Waals surface area (Å²) in [6.07, 6.45) is 0. The number of anilines is 1. The molecule has 0 saturated carbocycles. The van der Waals surface area contributed by atoms with Crippen LogP contribution in [0.25, 0.3) is 0 Å². The lowest BCUT2D eigenvalue weighted by atomic mass is 10.1. The average Bonchev–Trinajstić information content (AvgIpc) is 2.60. The van der Waals surface area contributed by atoms with Gasteiger partial charge in [0.2, 0.25) is 0 Å². The van der Waals surface area contributed by atoms with Gasteiger partial charge in [0.25, 0.3) is 0 Å².